The SMILES string of the molecule is COc1ccc(C[N+]2(C)CCC(C)=C(C)C2)cc1.[I-]. The summed E-state index contributed by atoms with van der Waals surface area (Å²) in [5, 5.41) is 0. The second-order valence-electron chi connectivity index (χ2n) is 5.82. The molecule has 0 aromatic heterocycles. The summed E-state index contributed by atoms with van der Waals surface area (Å²) in [4.78, 5) is 0. The molecule has 1 atom stereocenters. The van der Waals surface area contributed by atoms with Gasteiger partial charge < -0.3 is 33.2 Å². The first-order chi connectivity index (χ1) is 8.52. The minimum Gasteiger partial charge on any atom is -1.00 e. The number of quaternary nitrogens is 1. The van der Waals surface area contributed by atoms with Gasteiger partial charge in [-0.1, -0.05) is 5.57 Å². The standard InChI is InChI=1S/C16H24NO.HI/c1-13-9-10-17(3,11-14(13)2)12-15-5-7-16(18-4)8-6-15;/h5-8H,9-12H2,1-4H3;1H/q+1;/p-1. The van der Waals surface area contributed by atoms with Crippen LogP contribution in [0, 0.1) is 0 Å². The smallest absolute Gasteiger partial charge is 0.118 e. The first-order valence-corrected chi connectivity index (χ1v) is 6.64. The fraction of sp³-hybridized carbons (Fsp3) is 0.500. The molecule has 1 heterocycles. The summed E-state index contributed by atoms with van der Waals surface area (Å²) in [5.41, 5.74) is 4.54. The van der Waals surface area contributed by atoms with E-state index in [2.05, 4.69) is 45.2 Å². The molecule has 0 amide bonds. The molecule has 0 spiro atoms. The Hall–Kier alpha value is -0.550. The van der Waals surface area contributed by atoms with Crippen molar-refractivity contribution in [3.63, 3.8) is 0 Å². The minimum absolute atomic E-state index is 0. The minimum atomic E-state index is 0. The Labute approximate surface area is 134 Å². The highest BCUT2D eigenvalue weighted by Crippen LogP contribution is 2.25. The van der Waals surface area contributed by atoms with Crippen LogP contribution in [0.15, 0.2) is 35.4 Å². The number of methoxy groups -OCH3 is 1. The number of likely N-dealkylation sites (N-methyl/N-ethyl adjacent to an activating group) is 1. The van der Waals surface area contributed by atoms with Gasteiger partial charge >= 0.3 is 0 Å². The van der Waals surface area contributed by atoms with E-state index in [4.69, 9.17) is 4.74 Å². The quantitative estimate of drug-likeness (QED) is 0.423. The first kappa shape index (κ1) is 16.5. The van der Waals surface area contributed by atoms with Gasteiger partial charge in [-0.3, -0.25) is 0 Å². The van der Waals surface area contributed by atoms with Crippen LogP contribution in [-0.4, -0.2) is 31.7 Å². The lowest BCUT2D eigenvalue weighted by Crippen LogP contribution is -3.00. The van der Waals surface area contributed by atoms with E-state index in [0.29, 0.717) is 0 Å². The highest BCUT2D eigenvalue weighted by atomic mass is 127. The maximum atomic E-state index is 5.20. The Morgan fingerprint density at radius 1 is 1.11 bits per heavy atom. The van der Waals surface area contributed by atoms with Gasteiger partial charge in [0, 0.05) is 12.0 Å². The topological polar surface area (TPSA) is 9.23 Å². The third kappa shape index (κ3) is 4.21. The fourth-order valence-corrected chi connectivity index (χ4v) is 2.74. The Bertz CT molecular complexity index is 452. The average Bonchev–Trinajstić information content (AvgIpc) is 2.35. The fourth-order valence-electron chi connectivity index (χ4n) is 2.74. The number of rotatable bonds is 3. The summed E-state index contributed by atoms with van der Waals surface area (Å²) in [5.74, 6) is 0.937. The van der Waals surface area contributed by atoms with Crippen molar-refractivity contribution in [1.29, 1.82) is 0 Å². The van der Waals surface area contributed by atoms with Crippen molar-refractivity contribution >= 4 is 0 Å². The Morgan fingerprint density at radius 3 is 2.26 bits per heavy atom. The molecule has 1 aliphatic rings. The predicted octanol–water partition coefficient (Wildman–Crippen LogP) is 0.386. The molecule has 0 aliphatic carbocycles. The zero-order chi connectivity index (χ0) is 13.2. The van der Waals surface area contributed by atoms with Crippen molar-refractivity contribution < 1.29 is 33.2 Å². The number of nitrogens with zero attached hydrogens (tertiary/aromatic N) is 1. The lowest BCUT2D eigenvalue weighted by Gasteiger charge is -2.38. The predicted molar refractivity (Wildman–Crippen MR) is 75.6 cm³/mol. The van der Waals surface area contributed by atoms with Gasteiger partial charge in [-0.05, 0) is 43.7 Å². The van der Waals surface area contributed by atoms with Crippen LogP contribution in [0.5, 0.6) is 5.75 Å². The van der Waals surface area contributed by atoms with E-state index < -0.39 is 0 Å². The average molecular weight is 373 g/mol. The second kappa shape index (κ2) is 6.75. The van der Waals surface area contributed by atoms with E-state index in [1.54, 1.807) is 18.3 Å². The third-order valence-electron chi connectivity index (χ3n) is 4.10. The first-order valence-electron chi connectivity index (χ1n) is 6.64. The van der Waals surface area contributed by atoms with Gasteiger partial charge in [0.2, 0.25) is 0 Å². The second-order valence-corrected chi connectivity index (χ2v) is 5.82. The van der Waals surface area contributed by atoms with Crippen LogP contribution >= 0.6 is 0 Å². The Morgan fingerprint density at radius 2 is 1.74 bits per heavy atom. The molecule has 0 N–H and O–H groups in total. The van der Waals surface area contributed by atoms with Crippen LogP contribution in [-0.2, 0) is 6.54 Å². The molecular formula is C16H24INO. The van der Waals surface area contributed by atoms with Gasteiger partial charge in [0.25, 0.3) is 0 Å². The van der Waals surface area contributed by atoms with Crippen LogP contribution in [0.25, 0.3) is 0 Å². The van der Waals surface area contributed by atoms with Gasteiger partial charge in [-0.15, -0.1) is 0 Å². The molecule has 106 valence electrons. The summed E-state index contributed by atoms with van der Waals surface area (Å²) in [6.45, 7) is 8.08. The van der Waals surface area contributed by atoms with Crippen molar-refractivity contribution in [2.45, 2.75) is 26.8 Å². The van der Waals surface area contributed by atoms with Gasteiger partial charge in [0.1, 0.15) is 18.8 Å². The lowest BCUT2D eigenvalue weighted by atomic mass is 10.00. The summed E-state index contributed by atoms with van der Waals surface area (Å²) < 4.78 is 6.32. The molecule has 2 nitrogen and oxygen atoms in total. The summed E-state index contributed by atoms with van der Waals surface area (Å²) >= 11 is 0. The zero-order valence-corrected chi connectivity index (χ0v) is 14.5. The van der Waals surface area contributed by atoms with E-state index in [1.807, 2.05) is 0 Å². The summed E-state index contributed by atoms with van der Waals surface area (Å²) in [6, 6.07) is 8.48. The van der Waals surface area contributed by atoms with Crippen molar-refractivity contribution in [3.05, 3.63) is 41.0 Å². The van der Waals surface area contributed by atoms with E-state index in [-0.39, 0.29) is 24.0 Å². The molecule has 1 aromatic rings. The van der Waals surface area contributed by atoms with Gasteiger partial charge in [-0.2, -0.15) is 0 Å². The highest BCUT2D eigenvalue weighted by molar-refractivity contribution is 5.26. The summed E-state index contributed by atoms with van der Waals surface area (Å²) in [6.07, 6.45) is 1.23. The molecule has 1 unspecified atom stereocenters. The molecule has 0 fully saturated rings. The van der Waals surface area contributed by atoms with Crippen LogP contribution in [0.4, 0.5) is 0 Å². The van der Waals surface area contributed by atoms with Gasteiger partial charge in [-0.25, -0.2) is 0 Å². The van der Waals surface area contributed by atoms with Gasteiger partial charge in [0.15, 0.2) is 0 Å². The monoisotopic (exact) mass is 373 g/mol. The van der Waals surface area contributed by atoms with Gasteiger partial charge in [0.05, 0.1) is 20.7 Å². The highest BCUT2D eigenvalue weighted by Gasteiger charge is 2.27. The molecule has 0 radical (unpaired) electrons. The van der Waals surface area contributed by atoms with Crippen LogP contribution in [0.2, 0.25) is 0 Å². The van der Waals surface area contributed by atoms with E-state index in [1.165, 1.54) is 25.1 Å². The third-order valence-corrected chi connectivity index (χ3v) is 4.10. The molecule has 0 saturated carbocycles. The lowest BCUT2D eigenvalue weighted by molar-refractivity contribution is -0.919. The van der Waals surface area contributed by atoms with Crippen LogP contribution in [0.1, 0.15) is 25.8 Å². The van der Waals surface area contributed by atoms with Crippen molar-refractivity contribution in [1.82, 2.24) is 0 Å². The van der Waals surface area contributed by atoms with E-state index in [9.17, 15) is 0 Å². The Balaban J connectivity index is 0.00000180. The maximum absolute atomic E-state index is 5.20. The molecule has 1 aliphatic heterocycles. The molecular weight excluding hydrogens is 349 g/mol. The number of hydrogen-bond donors (Lipinski definition) is 0. The van der Waals surface area contributed by atoms with Crippen molar-refractivity contribution in [3.8, 4) is 5.75 Å². The largest absolute Gasteiger partial charge is 1.00 e. The van der Waals surface area contributed by atoms with Crippen molar-refractivity contribution in [2.75, 3.05) is 27.2 Å². The van der Waals surface area contributed by atoms with Crippen molar-refractivity contribution in [2.24, 2.45) is 0 Å². The summed E-state index contributed by atoms with van der Waals surface area (Å²) in [7, 11) is 4.07. The number of ether oxygens (including phenoxy) is 1. The number of benzene rings is 1. The number of hydrogen-bond acceptors (Lipinski definition) is 1. The molecule has 1 aromatic carbocycles. The van der Waals surface area contributed by atoms with E-state index in [0.717, 1.165) is 16.8 Å². The van der Waals surface area contributed by atoms with E-state index >= 15 is 0 Å². The molecule has 3 heteroatoms. The molecule has 0 saturated heterocycles. The molecule has 19 heavy (non-hydrogen) atoms. The zero-order valence-electron chi connectivity index (χ0n) is 12.4. The number of halogens is 1. The normalized spacial score (nSPS) is 22.9. The molecule has 2 rings (SSSR count). The Kier molecular flexibility index (Phi) is 5.86. The maximum Gasteiger partial charge on any atom is 0.118 e. The van der Waals surface area contributed by atoms with Crippen LogP contribution in [0.3, 0.4) is 0 Å². The van der Waals surface area contributed by atoms with Crippen LogP contribution < -0.4 is 28.7 Å². The molecule has 0 bridgehead atoms.